The molecule has 0 saturated carbocycles. The van der Waals surface area contributed by atoms with Gasteiger partial charge >= 0.3 is 0 Å². The summed E-state index contributed by atoms with van der Waals surface area (Å²) in [5.41, 5.74) is 3.72. The Balaban J connectivity index is 1.33. The smallest absolute Gasteiger partial charge is 0.247 e. The minimum Gasteiger partial charge on any atom is -0.393 e. The van der Waals surface area contributed by atoms with Crippen LogP contribution in [-0.2, 0) is 27.3 Å². The Morgan fingerprint density at radius 3 is 2.35 bits per heavy atom. The Morgan fingerprint density at radius 2 is 1.61 bits per heavy atom. The van der Waals surface area contributed by atoms with Crippen LogP contribution in [0.15, 0.2) is 72.8 Å². The average molecular weight is 645 g/mol. The molecule has 5 rings (SSSR count). The van der Waals surface area contributed by atoms with E-state index in [9.17, 15) is 24.3 Å². The lowest BCUT2D eigenvalue weighted by Crippen LogP contribution is -2.56. The summed E-state index contributed by atoms with van der Waals surface area (Å²) in [6.07, 6.45) is 1.63. The van der Waals surface area contributed by atoms with E-state index in [-0.39, 0.29) is 37.2 Å². The van der Waals surface area contributed by atoms with E-state index in [4.69, 9.17) is 11.6 Å². The third-order valence-electron chi connectivity index (χ3n) is 8.91. The van der Waals surface area contributed by atoms with Crippen molar-refractivity contribution in [3.63, 3.8) is 0 Å². The normalized spacial score (nSPS) is 17.5. The first-order chi connectivity index (χ1) is 22.2. The fourth-order valence-corrected chi connectivity index (χ4v) is 6.28. The molecule has 1 fully saturated rings. The molecule has 0 unspecified atom stereocenters. The summed E-state index contributed by atoms with van der Waals surface area (Å²) in [5.74, 6) is -1.26. The van der Waals surface area contributed by atoms with E-state index in [1.54, 1.807) is 36.4 Å². The van der Waals surface area contributed by atoms with Gasteiger partial charge in [0.1, 0.15) is 12.1 Å². The summed E-state index contributed by atoms with van der Waals surface area (Å²) >= 11 is 6.47. The maximum Gasteiger partial charge on any atom is 0.247 e. The van der Waals surface area contributed by atoms with Crippen LogP contribution in [-0.4, -0.2) is 76.2 Å². The van der Waals surface area contributed by atoms with Crippen LogP contribution in [0, 0.1) is 6.92 Å². The van der Waals surface area contributed by atoms with Crippen molar-refractivity contribution in [3.8, 4) is 0 Å². The van der Waals surface area contributed by atoms with Crippen LogP contribution in [0.2, 0.25) is 5.02 Å². The lowest BCUT2D eigenvalue weighted by molar-refractivity contribution is -0.142. The molecule has 10 heteroatoms. The molecular weight excluding hydrogens is 604 g/mol. The molecular formula is C36H41ClN4O5. The van der Waals surface area contributed by atoms with E-state index < -0.39 is 23.9 Å². The Kier molecular flexibility index (Phi) is 11.2. The van der Waals surface area contributed by atoms with Gasteiger partial charge in [0.25, 0.3) is 0 Å². The van der Waals surface area contributed by atoms with Gasteiger partial charge in [0.2, 0.25) is 17.7 Å². The van der Waals surface area contributed by atoms with Gasteiger partial charge in [-0.25, -0.2) is 0 Å². The number of benzene rings is 3. The fourth-order valence-electron chi connectivity index (χ4n) is 6.11. The van der Waals surface area contributed by atoms with Gasteiger partial charge in [0.15, 0.2) is 5.78 Å². The second-order valence-corrected chi connectivity index (χ2v) is 12.5. The van der Waals surface area contributed by atoms with E-state index in [1.165, 1.54) is 4.90 Å². The first-order valence-corrected chi connectivity index (χ1v) is 16.3. The largest absolute Gasteiger partial charge is 0.393 e. The third-order valence-corrected chi connectivity index (χ3v) is 9.41. The third kappa shape index (κ3) is 8.40. The molecule has 2 aliphatic rings. The zero-order valence-corrected chi connectivity index (χ0v) is 26.8. The molecule has 0 radical (unpaired) electrons. The van der Waals surface area contributed by atoms with Gasteiger partial charge in [0.05, 0.1) is 16.8 Å². The number of aliphatic hydroxyl groups excluding tert-OH is 1. The Bertz CT molecular complexity index is 1560. The first-order valence-electron chi connectivity index (χ1n) is 15.9. The van der Waals surface area contributed by atoms with Crippen molar-refractivity contribution in [3.05, 3.63) is 100 Å². The van der Waals surface area contributed by atoms with Crippen molar-refractivity contribution in [1.82, 2.24) is 15.1 Å². The lowest BCUT2D eigenvalue weighted by Gasteiger charge is -2.37. The lowest BCUT2D eigenvalue weighted by atomic mass is 9.92. The minimum absolute atomic E-state index is 0.0299. The number of nitrogens with one attached hydrogen (secondary N) is 2. The Morgan fingerprint density at radius 1 is 0.913 bits per heavy atom. The molecule has 242 valence electrons. The number of nitrogens with zero attached hydrogens (tertiary/aromatic N) is 2. The molecule has 0 bridgehead atoms. The van der Waals surface area contributed by atoms with E-state index in [1.807, 2.05) is 43.3 Å². The second-order valence-electron chi connectivity index (χ2n) is 12.1. The number of hydrogen-bond donors (Lipinski definition) is 3. The van der Waals surface area contributed by atoms with Crippen LogP contribution in [0.3, 0.4) is 0 Å². The summed E-state index contributed by atoms with van der Waals surface area (Å²) in [6.45, 7) is 4.04. The molecule has 2 atom stereocenters. The molecule has 3 aromatic carbocycles. The van der Waals surface area contributed by atoms with Crippen molar-refractivity contribution >= 4 is 40.8 Å². The summed E-state index contributed by atoms with van der Waals surface area (Å²) in [7, 11) is 0. The van der Waals surface area contributed by atoms with Gasteiger partial charge in [-0.15, -0.1) is 0 Å². The number of rotatable bonds is 11. The topological polar surface area (TPSA) is 119 Å². The molecule has 0 aliphatic carbocycles. The van der Waals surface area contributed by atoms with Crippen LogP contribution < -0.4 is 10.6 Å². The summed E-state index contributed by atoms with van der Waals surface area (Å²) in [4.78, 5) is 57.8. The molecule has 0 aromatic heterocycles. The number of fused-ring (bicyclic) bond motifs is 1. The number of aryl methyl sites for hydroxylation is 1. The van der Waals surface area contributed by atoms with Crippen LogP contribution in [0.4, 0.5) is 5.69 Å². The highest BCUT2D eigenvalue weighted by Crippen LogP contribution is 2.27. The molecule has 2 heterocycles. The number of aliphatic hydroxyl groups is 1. The average Bonchev–Trinajstić information content (AvgIpc) is 3.07. The van der Waals surface area contributed by atoms with Crippen molar-refractivity contribution in [2.75, 3.05) is 25.0 Å². The summed E-state index contributed by atoms with van der Waals surface area (Å²) in [6, 6.07) is 20.2. The number of ketones is 1. The fraction of sp³-hybridized carbons (Fsp3) is 0.389. The maximum absolute atomic E-state index is 14.0. The minimum atomic E-state index is -0.898. The van der Waals surface area contributed by atoms with Crippen molar-refractivity contribution in [2.24, 2.45) is 0 Å². The van der Waals surface area contributed by atoms with Crippen LogP contribution in [0.25, 0.3) is 0 Å². The van der Waals surface area contributed by atoms with Crippen LogP contribution in [0.5, 0.6) is 0 Å². The van der Waals surface area contributed by atoms with Crippen molar-refractivity contribution in [1.29, 1.82) is 0 Å². The van der Waals surface area contributed by atoms with Crippen LogP contribution >= 0.6 is 11.6 Å². The van der Waals surface area contributed by atoms with E-state index in [0.29, 0.717) is 61.6 Å². The Labute approximate surface area is 274 Å². The number of carbonyl (C=O) groups excluding carboxylic acids is 4. The van der Waals surface area contributed by atoms with Gasteiger partial charge in [-0.2, -0.15) is 0 Å². The predicted molar refractivity (Wildman–Crippen MR) is 178 cm³/mol. The first kappa shape index (κ1) is 33.3. The molecule has 46 heavy (non-hydrogen) atoms. The maximum atomic E-state index is 14.0. The second kappa shape index (κ2) is 15.5. The molecule has 0 spiro atoms. The van der Waals surface area contributed by atoms with Crippen molar-refractivity contribution < 1.29 is 24.3 Å². The zero-order chi connectivity index (χ0) is 32.6. The molecule has 1 saturated heterocycles. The predicted octanol–water partition coefficient (Wildman–Crippen LogP) is 4.54. The van der Waals surface area contributed by atoms with E-state index in [0.717, 1.165) is 16.7 Å². The van der Waals surface area contributed by atoms with Gasteiger partial charge in [-0.05, 0) is 48.9 Å². The quantitative estimate of drug-likeness (QED) is 0.264. The van der Waals surface area contributed by atoms with Gasteiger partial charge < -0.3 is 25.5 Å². The number of anilines is 1. The monoisotopic (exact) mass is 644 g/mol. The highest BCUT2D eigenvalue weighted by atomic mass is 35.5. The highest BCUT2D eigenvalue weighted by Gasteiger charge is 2.36. The van der Waals surface area contributed by atoms with Gasteiger partial charge in [-0.3, -0.25) is 19.2 Å². The number of amides is 3. The molecule has 3 N–H and O–H groups in total. The molecule has 2 aliphatic heterocycles. The SMILES string of the molecule is Cc1cccc(NC(=O)[C@H](CCN2CCC(O)CC2)NC(=O)[C@@H]2Cc3ccccc3CN2C(=O)CCC(=O)c2ccccc2)c1Cl. The highest BCUT2D eigenvalue weighted by molar-refractivity contribution is 6.34. The standard InChI is InChI=1S/C36H41ClN4O5/c1-24-8-7-13-29(34(24)37)38-35(45)30(18-21-40-19-16-28(42)17-20-40)39-36(46)31-22-26-11-5-6-12-27(26)23-41(31)33(44)15-14-32(43)25-9-3-2-4-10-25/h2-13,28,30-31,42H,14-23H2,1H3,(H,38,45)(H,39,46)/t30-,31-/m0/s1. The van der Waals surface area contributed by atoms with E-state index >= 15 is 0 Å². The number of carbonyl (C=O) groups is 4. The molecule has 3 amide bonds. The van der Waals surface area contributed by atoms with Crippen molar-refractivity contribution in [2.45, 2.75) is 70.2 Å². The number of hydrogen-bond acceptors (Lipinski definition) is 6. The number of likely N-dealkylation sites (tertiary alicyclic amines) is 1. The molecule has 9 nitrogen and oxygen atoms in total. The Hall–Kier alpha value is -4.05. The summed E-state index contributed by atoms with van der Waals surface area (Å²) < 4.78 is 0. The number of Topliss-reactive ketones (excluding diaryl/α,β-unsaturated/α-hetero) is 1. The van der Waals surface area contributed by atoms with Crippen LogP contribution in [0.1, 0.15) is 59.2 Å². The summed E-state index contributed by atoms with van der Waals surface area (Å²) in [5, 5.41) is 16.2. The van der Waals surface area contributed by atoms with Gasteiger partial charge in [0, 0.05) is 51.0 Å². The number of halogens is 1. The van der Waals surface area contributed by atoms with Gasteiger partial charge in [-0.1, -0.05) is 78.3 Å². The number of piperidine rings is 1. The van der Waals surface area contributed by atoms with E-state index in [2.05, 4.69) is 15.5 Å². The molecule has 3 aromatic rings. The zero-order valence-electron chi connectivity index (χ0n) is 26.1.